The van der Waals surface area contributed by atoms with E-state index in [9.17, 15) is 4.39 Å². The van der Waals surface area contributed by atoms with Gasteiger partial charge in [-0.05, 0) is 36.7 Å². The zero-order valence-corrected chi connectivity index (χ0v) is 13.1. The summed E-state index contributed by atoms with van der Waals surface area (Å²) in [6.07, 6.45) is 0.752. The predicted molar refractivity (Wildman–Crippen MR) is 84.8 cm³/mol. The number of ether oxygens (including phenoxy) is 1. The summed E-state index contributed by atoms with van der Waals surface area (Å²) in [4.78, 5) is 0. The Labute approximate surface area is 133 Å². The molecule has 112 valence electrons. The van der Waals surface area contributed by atoms with Gasteiger partial charge in [0.1, 0.15) is 0 Å². The summed E-state index contributed by atoms with van der Waals surface area (Å²) in [5, 5.41) is 4.47. The first-order chi connectivity index (χ1) is 10.1. The average molecular weight is 328 g/mol. The minimum absolute atomic E-state index is 0.259. The Morgan fingerprint density at radius 2 is 1.95 bits per heavy atom. The lowest BCUT2D eigenvalue weighted by molar-refractivity contribution is 0.383. The highest BCUT2D eigenvalue weighted by Gasteiger charge is 2.07. The molecule has 0 atom stereocenters. The molecule has 0 aliphatic heterocycles. The maximum Gasteiger partial charge on any atom is 0.169 e. The maximum absolute atomic E-state index is 13.9. The fourth-order valence-corrected chi connectivity index (χ4v) is 2.52. The molecule has 1 N–H and O–H groups in total. The third kappa shape index (κ3) is 4.34. The van der Waals surface area contributed by atoms with Crippen LogP contribution >= 0.6 is 23.2 Å². The Hall–Kier alpha value is -1.29. The van der Waals surface area contributed by atoms with Crippen LogP contribution in [0.15, 0.2) is 36.4 Å². The molecule has 5 heteroatoms. The molecule has 0 bridgehead atoms. The Kier molecular flexibility index (Phi) is 5.85. The molecule has 2 nitrogen and oxygen atoms in total. The number of hydrogen-bond acceptors (Lipinski definition) is 2. The summed E-state index contributed by atoms with van der Waals surface area (Å²) in [6, 6.07) is 10.5. The van der Waals surface area contributed by atoms with Gasteiger partial charge in [-0.25, -0.2) is 4.39 Å². The second kappa shape index (κ2) is 7.64. The second-order valence-electron chi connectivity index (χ2n) is 4.60. The van der Waals surface area contributed by atoms with Crippen LogP contribution in [0.2, 0.25) is 10.0 Å². The van der Waals surface area contributed by atoms with Gasteiger partial charge in [-0.1, -0.05) is 41.4 Å². The van der Waals surface area contributed by atoms with E-state index in [-0.39, 0.29) is 11.6 Å². The number of rotatable bonds is 6. The van der Waals surface area contributed by atoms with Gasteiger partial charge in [0, 0.05) is 22.2 Å². The summed E-state index contributed by atoms with van der Waals surface area (Å²) >= 11 is 12.0. The molecule has 0 unspecified atom stereocenters. The van der Waals surface area contributed by atoms with Gasteiger partial charge in [-0.2, -0.15) is 0 Å². The molecular weight excluding hydrogens is 312 g/mol. The van der Waals surface area contributed by atoms with Crippen molar-refractivity contribution in [2.45, 2.75) is 13.0 Å². The molecule has 0 aliphatic carbocycles. The first-order valence-corrected chi connectivity index (χ1v) is 7.33. The first kappa shape index (κ1) is 16.1. The summed E-state index contributed by atoms with van der Waals surface area (Å²) in [6.45, 7) is 1.13. The Morgan fingerprint density at radius 1 is 1.14 bits per heavy atom. The predicted octanol–water partition coefficient (Wildman–Crippen LogP) is 4.47. The molecule has 2 aromatic rings. The topological polar surface area (TPSA) is 21.3 Å². The molecule has 0 saturated carbocycles. The number of halogens is 3. The van der Waals surface area contributed by atoms with E-state index in [4.69, 9.17) is 27.9 Å². The van der Waals surface area contributed by atoms with Crippen LogP contribution in [0, 0.1) is 5.82 Å². The highest BCUT2D eigenvalue weighted by molar-refractivity contribution is 6.35. The molecule has 0 aliphatic rings. The van der Waals surface area contributed by atoms with Crippen LogP contribution in [0.4, 0.5) is 4.39 Å². The van der Waals surface area contributed by atoms with Crippen molar-refractivity contribution in [1.82, 2.24) is 5.32 Å². The van der Waals surface area contributed by atoms with Gasteiger partial charge >= 0.3 is 0 Å². The lowest BCUT2D eigenvalue weighted by atomic mass is 10.1. The average Bonchev–Trinajstić information content (AvgIpc) is 2.47. The monoisotopic (exact) mass is 327 g/mol. The largest absolute Gasteiger partial charge is 0.494 e. The molecule has 0 spiro atoms. The summed E-state index contributed by atoms with van der Waals surface area (Å²) < 4.78 is 18.9. The summed E-state index contributed by atoms with van der Waals surface area (Å²) in [7, 11) is 1.46. The van der Waals surface area contributed by atoms with Crippen molar-refractivity contribution >= 4 is 23.2 Å². The van der Waals surface area contributed by atoms with Crippen molar-refractivity contribution < 1.29 is 9.13 Å². The normalized spacial score (nSPS) is 10.7. The van der Waals surface area contributed by atoms with E-state index in [1.807, 2.05) is 12.1 Å². The van der Waals surface area contributed by atoms with Crippen LogP contribution in [-0.2, 0) is 13.0 Å². The van der Waals surface area contributed by atoms with Crippen LogP contribution in [0.3, 0.4) is 0 Å². The van der Waals surface area contributed by atoms with E-state index in [0.29, 0.717) is 28.7 Å². The van der Waals surface area contributed by atoms with Crippen LogP contribution < -0.4 is 10.1 Å². The summed E-state index contributed by atoms with van der Waals surface area (Å²) in [5.41, 5.74) is 1.59. The SMILES string of the molecule is COc1cccc(CNCCc2ccc(Cl)cc2Cl)c1F. The summed E-state index contributed by atoms with van der Waals surface area (Å²) in [5.74, 6) is -0.0629. The second-order valence-corrected chi connectivity index (χ2v) is 5.44. The molecule has 2 aromatic carbocycles. The lowest BCUT2D eigenvalue weighted by Crippen LogP contribution is -2.17. The van der Waals surface area contributed by atoms with E-state index < -0.39 is 0 Å². The fourth-order valence-electron chi connectivity index (χ4n) is 2.02. The fraction of sp³-hybridized carbons (Fsp3) is 0.250. The standard InChI is InChI=1S/C16H16Cl2FNO/c1-21-15-4-2-3-12(16(15)19)10-20-8-7-11-5-6-13(17)9-14(11)18/h2-6,9,20H,7-8,10H2,1H3. The minimum Gasteiger partial charge on any atom is -0.494 e. The maximum atomic E-state index is 13.9. The molecule has 0 saturated heterocycles. The number of hydrogen-bond donors (Lipinski definition) is 1. The smallest absolute Gasteiger partial charge is 0.169 e. The third-order valence-corrected chi connectivity index (χ3v) is 3.75. The van der Waals surface area contributed by atoms with Crippen molar-refractivity contribution in [2.75, 3.05) is 13.7 Å². The van der Waals surface area contributed by atoms with Gasteiger partial charge < -0.3 is 10.1 Å². The molecule has 0 heterocycles. The van der Waals surface area contributed by atoms with Crippen molar-refractivity contribution in [3.05, 3.63) is 63.4 Å². The van der Waals surface area contributed by atoms with E-state index in [0.717, 1.165) is 12.0 Å². The van der Waals surface area contributed by atoms with Gasteiger partial charge in [0.2, 0.25) is 0 Å². The Balaban J connectivity index is 1.87. The van der Waals surface area contributed by atoms with Gasteiger partial charge in [-0.3, -0.25) is 0 Å². The molecular formula is C16H16Cl2FNO. The Morgan fingerprint density at radius 3 is 2.67 bits per heavy atom. The van der Waals surface area contributed by atoms with Gasteiger partial charge in [-0.15, -0.1) is 0 Å². The highest BCUT2D eigenvalue weighted by Crippen LogP contribution is 2.21. The van der Waals surface area contributed by atoms with Crippen LogP contribution in [0.25, 0.3) is 0 Å². The molecule has 0 amide bonds. The zero-order chi connectivity index (χ0) is 15.2. The molecule has 2 rings (SSSR count). The Bertz CT molecular complexity index is 619. The van der Waals surface area contributed by atoms with Crippen molar-refractivity contribution in [1.29, 1.82) is 0 Å². The van der Waals surface area contributed by atoms with E-state index in [2.05, 4.69) is 5.32 Å². The highest BCUT2D eigenvalue weighted by atomic mass is 35.5. The van der Waals surface area contributed by atoms with E-state index >= 15 is 0 Å². The number of benzene rings is 2. The third-order valence-electron chi connectivity index (χ3n) is 3.16. The van der Waals surface area contributed by atoms with Crippen LogP contribution in [0.5, 0.6) is 5.75 Å². The number of nitrogens with one attached hydrogen (secondary N) is 1. The van der Waals surface area contributed by atoms with Gasteiger partial charge in [0.15, 0.2) is 11.6 Å². The molecule has 0 aromatic heterocycles. The van der Waals surface area contributed by atoms with Crippen molar-refractivity contribution in [3.63, 3.8) is 0 Å². The molecule has 21 heavy (non-hydrogen) atoms. The van der Waals surface area contributed by atoms with Gasteiger partial charge in [0.05, 0.1) is 7.11 Å². The van der Waals surface area contributed by atoms with Crippen LogP contribution in [-0.4, -0.2) is 13.7 Å². The minimum atomic E-state index is -0.322. The molecule has 0 radical (unpaired) electrons. The van der Waals surface area contributed by atoms with Crippen molar-refractivity contribution in [3.8, 4) is 5.75 Å². The van der Waals surface area contributed by atoms with Gasteiger partial charge in [0.25, 0.3) is 0 Å². The quantitative estimate of drug-likeness (QED) is 0.790. The number of methoxy groups -OCH3 is 1. The first-order valence-electron chi connectivity index (χ1n) is 6.58. The van der Waals surface area contributed by atoms with Crippen molar-refractivity contribution in [2.24, 2.45) is 0 Å². The zero-order valence-electron chi connectivity index (χ0n) is 11.6. The van der Waals surface area contributed by atoms with E-state index in [1.54, 1.807) is 24.3 Å². The lowest BCUT2D eigenvalue weighted by Gasteiger charge is -2.09. The van der Waals surface area contributed by atoms with E-state index in [1.165, 1.54) is 7.11 Å². The van der Waals surface area contributed by atoms with Crippen LogP contribution in [0.1, 0.15) is 11.1 Å². The molecule has 0 fully saturated rings.